The van der Waals surface area contributed by atoms with Crippen LogP contribution in [0.3, 0.4) is 0 Å². The predicted molar refractivity (Wildman–Crippen MR) is 114 cm³/mol. The molecule has 0 saturated heterocycles. The summed E-state index contributed by atoms with van der Waals surface area (Å²) in [5, 5.41) is 12.3. The van der Waals surface area contributed by atoms with Crippen LogP contribution in [0.15, 0.2) is 52.1 Å². The second-order valence-corrected chi connectivity index (χ2v) is 8.07. The first-order valence-corrected chi connectivity index (χ1v) is 10.4. The number of amides is 1. The van der Waals surface area contributed by atoms with Crippen molar-refractivity contribution in [3.63, 3.8) is 0 Å². The van der Waals surface area contributed by atoms with E-state index in [0.717, 1.165) is 38.8 Å². The van der Waals surface area contributed by atoms with E-state index in [9.17, 15) is 4.79 Å². The summed E-state index contributed by atoms with van der Waals surface area (Å²) in [5.74, 6) is 1.04. The van der Waals surface area contributed by atoms with Gasteiger partial charge in [0.1, 0.15) is 0 Å². The molecule has 0 aliphatic heterocycles. The van der Waals surface area contributed by atoms with E-state index in [1.165, 1.54) is 17.3 Å². The molecule has 7 heteroatoms. The molecule has 0 radical (unpaired) electrons. The lowest BCUT2D eigenvalue weighted by Crippen LogP contribution is -2.15. The number of rotatable bonds is 6. The minimum absolute atomic E-state index is 0.0619. The van der Waals surface area contributed by atoms with Crippen LogP contribution in [0.25, 0.3) is 11.4 Å². The van der Waals surface area contributed by atoms with Crippen LogP contribution in [-0.2, 0) is 11.3 Å². The van der Waals surface area contributed by atoms with Gasteiger partial charge in [0, 0.05) is 22.3 Å². The minimum Gasteiger partial charge on any atom is -0.325 e. The number of carbonyl (C=O) groups is 1. The Balaban J connectivity index is 1.70. The third-order valence-corrected chi connectivity index (χ3v) is 5.56. The Bertz CT molecular complexity index is 970. The van der Waals surface area contributed by atoms with Crippen LogP contribution in [0, 0.1) is 13.8 Å². The molecule has 27 heavy (non-hydrogen) atoms. The first-order chi connectivity index (χ1) is 13.0. The molecule has 0 aliphatic carbocycles. The van der Waals surface area contributed by atoms with E-state index in [1.807, 2.05) is 41.8 Å². The van der Waals surface area contributed by atoms with Crippen molar-refractivity contribution in [2.45, 2.75) is 32.5 Å². The number of hydrogen-bond acceptors (Lipinski definition) is 4. The summed E-state index contributed by atoms with van der Waals surface area (Å²) >= 11 is 4.83. The lowest BCUT2D eigenvalue weighted by atomic mass is 10.1. The molecule has 0 saturated carbocycles. The SMILES string of the molecule is CCn1c(SCC(=O)Nc2ccc(Br)cc2C)nnc1-c1cccc(C)c1. The second kappa shape index (κ2) is 8.71. The molecule has 1 heterocycles. The van der Waals surface area contributed by atoms with E-state index in [1.54, 1.807) is 0 Å². The van der Waals surface area contributed by atoms with Crippen molar-refractivity contribution < 1.29 is 4.79 Å². The lowest BCUT2D eigenvalue weighted by molar-refractivity contribution is -0.113. The van der Waals surface area contributed by atoms with Gasteiger partial charge in [-0.3, -0.25) is 4.79 Å². The molecule has 0 bridgehead atoms. The summed E-state index contributed by atoms with van der Waals surface area (Å²) in [6, 6.07) is 14.0. The van der Waals surface area contributed by atoms with Crippen molar-refractivity contribution in [3.05, 3.63) is 58.1 Å². The van der Waals surface area contributed by atoms with Gasteiger partial charge in [0.05, 0.1) is 5.75 Å². The Morgan fingerprint density at radius 3 is 2.70 bits per heavy atom. The van der Waals surface area contributed by atoms with Crippen molar-refractivity contribution >= 4 is 39.3 Å². The number of nitrogens with one attached hydrogen (secondary N) is 1. The molecular formula is C20H21BrN4OS. The monoisotopic (exact) mass is 444 g/mol. The maximum Gasteiger partial charge on any atom is 0.234 e. The van der Waals surface area contributed by atoms with Gasteiger partial charge in [-0.2, -0.15) is 0 Å². The summed E-state index contributed by atoms with van der Waals surface area (Å²) in [5.41, 5.74) is 4.05. The summed E-state index contributed by atoms with van der Waals surface area (Å²) in [4.78, 5) is 12.3. The van der Waals surface area contributed by atoms with Gasteiger partial charge in [0.25, 0.3) is 0 Å². The Morgan fingerprint density at radius 2 is 2.00 bits per heavy atom. The summed E-state index contributed by atoms with van der Waals surface area (Å²) in [7, 11) is 0. The molecule has 3 rings (SSSR count). The van der Waals surface area contributed by atoms with E-state index in [4.69, 9.17) is 0 Å². The quantitative estimate of drug-likeness (QED) is 0.538. The molecule has 0 aliphatic rings. The molecule has 1 N–H and O–H groups in total. The fourth-order valence-corrected chi connectivity index (χ4v) is 4.04. The molecule has 1 amide bonds. The summed E-state index contributed by atoms with van der Waals surface area (Å²) in [6.07, 6.45) is 0. The maximum absolute atomic E-state index is 12.3. The van der Waals surface area contributed by atoms with Crippen LogP contribution in [0.2, 0.25) is 0 Å². The zero-order valence-corrected chi connectivity index (χ0v) is 17.9. The van der Waals surface area contributed by atoms with E-state index in [-0.39, 0.29) is 11.7 Å². The smallest absolute Gasteiger partial charge is 0.234 e. The van der Waals surface area contributed by atoms with Gasteiger partial charge in [-0.1, -0.05) is 51.5 Å². The standard InChI is InChI=1S/C20H21BrN4OS/c1-4-25-19(15-7-5-6-13(2)10-15)23-24-20(25)27-12-18(26)22-17-9-8-16(21)11-14(17)3/h5-11H,4,12H2,1-3H3,(H,22,26). The lowest BCUT2D eigenvalue weighted by Gasteiger charge is -2.10. The van der Waals surface area contributed by atoms with Crippen molar-refractivity contribution in [1.82, 2.24) is 14.8 Å². The molecule has 5 nitrogen and oxygen atoms in total. The highest BCUT2D eigenvalue weighted by molar-refractivity contribution is 9.10. The van der Waals surface area contributed by atoms with Gasteiger partial charge in [-0.15, -0.1) is 10.2 Å². The number of thioether (sulfide) groups is 1. The number of hydrogen-bond donors (Lipinski definition) is 1. The van der Waals surface area contributed by atoms with E-state index in [2.05, 4.69) is 57.4 Å². The van der Waals surface area contributed by atoms with Crippen molar-refractivity contribution in [1.29, 1.82) is 0 Å². The first kappa shape index (κ1) is 19.6. The number of aromatic nitrogens is 3. The van der Waals surface area contributed by atoms with Gasteiger partial charge in [0.2, 0.25) is 5.91 Å². The minimum atomic E-state index is -0.0619. The van der Waals surface area contributed by atoms with E-state index >= 15 is 0 Å². The third-order valence-electron chi connectivity index (χ3n) is 4.10. The van der Waals surface area contributed by atoms with Gasteiger partial charge in [0.15, 0.2) is 11.0 Å². The highest BCUT2D eigenvalue weighted by Gasteiger charge is 2.15. The number of anilines is 1. The highest BCUT2D eigenvalue weighted by atomic mass is 79.9. The fourth-order valence-electron chi connectivity index (χ4n) is 2.76. The second-order valence-electron chi connectivity index (χ2n) is 6.22. The number of carbonyl (C=O) groups excluding carboxylic acids is 1. The maximum atomic E-state index is 12.3. The van der Waals surface area contributed by atoms with Gasteiger partial charge in [-0.25, -0.2) is 0 Å². The number of benzene rings is 2. The first-order valence-electron chi connectivity index (χ1n) is 8.67. The average molecular weight is 445 g/mol. The zero-order valence-electron chi connectivity index (χ0n) is 15.5. The average Bonchev–Trinajstić information content (AvgIpc) is 3.05. The molecule has 0 spiro atoms. The number of halogens is 1. The Labute approximate surface area is 171 Å². The fraction of sp³-hybridized carbons (Fsp3) is 0.250. The third kappa shape index (κ3) is 4.78. The zero-order chi connectivity index (χ0) is 19.4. The molecule has 0 atom stereocenters. The number of nitrogens with zero attached hydrogens (tertiary/aromatic N) is 3. The Hall–Kier alpha value is -2.12. The van der Waals surface area contributed by atoms with Crippen molar-refractivity contribution in [2.75, 3.05) is 11.1 Å². The van der Waals surface area contributed by atoms with Gasteiger partial charge >= 0.3 is 0 Å². The Morgan fingerprint density at radius 1 is 1.19 bits per heavy atom. The van der Waals surface area contributed by atoms with Crippen LogP contribution in [0.1, 0.15) is 18.1 Å². The molecule has 3 aromatic rings. The predicted octanol–water partition coefficient (Wildman–Crippen LogP) is 5.08. The molecule has 1 aromatic heterocycles. The van der Waals surface area contributed by atoms with Gasteiger partial charge < -0.3 is 9.88 Å². The topological polar surface area (TPSA) is 59.8 Å². The summed E-state index contributed by atoms with van der Waals surface area (Å²) in [6.45, 7) is 6.82. The van der Waals surface area contributed by atoms with Crippen molar-refractivity contribution in [2.24, 2.45) is 0 Å². The van der Waals surface area contributed by atoms with Crippen LogP contribution in [0.4, 0.5) is 5.69 Å². The van der Waals surface area contributed by atoms with Gasteiger partial charge in [-0.05, 0) is 50.6 Å². The largest absolute Gasteiger partial charge is 0.325 e. The highest BCUT2D eigenvalue weighted by Crippen LogP contribution is 2.25. The molecule has 0 unspecified atom stereocenters. The number of aryl methyl sites for hydroxylation is 2. The molecule has 2 aromatic carbocycles. The Kier molecular flexibility index (Phi) is 6.34. The van der Waals surface area contributed by atoms with Crippen molar-refractivity contribution in [3.8, 4) is 11.4 Å². The normalized spacial score (nSPS) is 10.8. The van der Waals surface area contributed by atoms with Crippen LogP contribution >= 0.6 is 27.7 Å². The van der Waals surface area contributed by atoms with E-state index in [0.29, 0.717) is 0 Å². The molecule has 0 fully saturated rings. The summed E-state index contributed by atoms with van der Waals surface area (Å²) < 4.78 is 3.03. The molecular weight excluding hydrogens is 424 g/mol. The van der Waals surface area contributed by atoms with Crippen LogP contribution < -0.4 is 5.32 Å². The van der Waals surface area contributed by atoms with E-state index < -0.39 is 0 Å². The van der Waals surface area contributed by atoms with Crippen LogP contribution in [-0.4, -0.2) is 26.4 Å². The molecule has 140 valence electrons. The van der Waals surface area contributed by atoms with Crippen LogP contribution in [0.5, 0.6) is 0 Å².